The Labute approximate surface area is 265 Å². The van der Waals surface area contributed by atoms with Crippen molar-refractivity contribution < 1.29 is 35.9 Å². The molecular formula is C36H72Cl2N2. The molecule has 4 heteroatoms. The minimum absolute atomic E-state index is 0. The molecule has 0 atom stereocenters. The second-order valence-electron chi connectivity index (χ2n) is 13.5. The van der Waals surface area contributed by atoms with Crippen molar-refractivity contribution in [2.45, 2.75) is 170 Å². The number of hydrogen-bond acceptors (Lipinski definition) is 0. The topological polar surface area (TPSA) is 44.2 Å². The molecule has 1 rings (SSSR count). The van der Waals surface area contributed by atoms with Crippen LogP contribution in [-0.4, -0.2) is 13.1 Å². The number of unbranched alkanes of at least 4 members (excludes halogenated alkanes) is 16. The summed E-state index contributed by atoms with van der Waals surface area (Å²) >= 11 is 0. The fraction of sp³-hybridized carbons (Fsp3) is 0.833. The third-order valence-electron chi connectivity index (χ3n) is 7.59. The summed E-state index contributed by atoms with van der Waals surface area (Å²) in [5.74, 6) is 0.888. The zero-order valence-electron chi connectivity index (χ0n) is 27.8. The van der Waals surface area contributed by atoms with Gasteiger partial charge in [-0.2, -0.15) is 0 Å². The lowest BCUT2D eigenvalue weighted by Gasteiger charge is -2.17. The van der Waals surface area contributed by atoms with E-state index in [-0.39, 0.29) is 24.8 Å². The van der Waals surface area contributed by atoms with Gasteiger partial charge in [-0.05, 0) is 43.4 Å². The van der Waals surface area contributed by atoms with Crippen molar-refractivity contribution in [3.8, 4) is 0 Å². The van der Waals surface area contributed by atoms with Gasteiger partial charge in [-0.3, -0.25) is 0 Å². The third kappa shape index (κ3) is 37.7. The lowest BCUT2D eigenvalue weighted by Crippen LogP contribution is -3.00. The summed E-state index contributed by atoms with van der Waals surface area (Å²) in [7, 11) is 0. The van der Waals surface area contributed by atoms with Crippen LogP contribution in [0.1, 0.15) is 169 Å². The number of benzene rings is 1. The van der Waals surface area contributed by atoms with Gasteiger partial charge in [0.1, 0.15) is 6.54 Å². The van der Waals surface area contributed by atoms with Gasteiger partial charge in [-0.25, -0.2) is 0 Å². The molecule has 0 unspecified atom stereocenters. The maximum atomic E-state index is 3.87. The third-order valence-corrected chi connectivity index (χ3v) is 7.59. The number of quaternary nitrogens is 2. The van der Waals surface area contributed by atoms with Crippen LogP contribution >= 0.6 is 0 Å². The monoisotopic (exact) mass is 603 g/mol. The van der Waals surface area contributed by atoms with E-state index >= 15 is 0 Å². The van der Waals surface area contributed by atoms with Gasteiger partial charge in [-0.15, -0.1) is 0 Å². The van der Waals surface area contributed by atoms with Crippen LogP contribution < -0.4 is 35.9 Å². The lowest BCUT2D eigenvalue weighted by molar-refractivity contribution is -0.671. The van der Waals surface area contributed by atoms with Crippen molar-refractivity contribution in [3.63, 3.8) is 0 Å². The molecule has 1 aromatic rings. The number of hydrogen-bond donors (Lipinski definition) is 2. The van der Waals surface area contributed by atoms with E-state index in [1.807, 2.05) is 0 Å². The van der Waals surface area contributed by atoms with Gasteiger partial charge >= 0.3 is 0 Å². The van der Waals surface area contributed by atoms with E-state index in [2.05, 4.69) is 76.0 Å². The van der Waals surface area contributed by atoms with Crippen LogP contribution in [-0.2, 0) is 6.54 Å². The summed E-state index contributed by atoms with van der Waals surface area (Å²) in [5, 5.41) is 2.45. The molecular weight excluding hydrogens is 531 g/mol. The normalized spacial score (nSPS) is 11.0. The van der Waals surface area contributed by atoms with Crippen molar-refractivity contribution in [2.24, 2.45) is 11.3 Å². The van der Waals surface area contributed by atoms with Gasteiger partial charge in [0.15, 0.2) is 0 Å². The molecule has 0 saturated heterocycles. The Kier molecular flexibility index (Phi) is 36.7. The first-order valence-corrected chi connectivity index (χ1v) is 17.0. The number of nitrogens with two attached hydrogens (primary N) is 1. The van der Waals surface area contributed by atoms with Gasteiger partial charge < -0.3 is 35.9 Å². The highest BCUT2D eigenvalue weighted by molar-refractivity contribution is 5.12. The first kappa shape index (κ1) is 44.2. The Hall–Kier alpha value is -0.280. The van der Waals surface area contributed by atoms with Crippen LogP contribution in [0, 0.1) is 11.3 Å². The molecule has 0 radical (unpaired) electrons. The van der Waals surface area contributed by atoms with Crippen molar-refractivity contribution in [1.29, 1.82) is 0 Å². The predicted octanol–water partition coefficient (Wildman–Crippen LogP) is 3.49. The summed E-state index contributed by atoms with van der Waals surface area (Å²) in [6.45, 7) is 15.2. The molecule has 0 aliphatic heterocycles. The Morgan fingerprint density at radius 3 is 1.48 bits per heavy atom. The van der Waals surface area contributed by atoms with Gasteiger partial charge in [0.2, 0.25) is 0 Å². The first-order valence-electron chi connectivity index (χ1n) is 17.0. The van der Waals surface area contributed by atoms with Gasteiger partial charge in [-0.1, -0.05) is 161 Å². The minimum Gasteiger partial charge on any atom is -1.00 e. The lowest BCUT2D eigenvalue weighted by atomic mass is 9.89. The molecule has 1 aromatic carbocycles. The van der Waals surface area contributed by atoms with E-state index < -0.39 is 0 Å². The highest BCUT2D eigenvalue weighted by atomic mass is 35.5. The summed E-state index contributed by atoms with van der Waals surface area (Å²) in [6, 6.07) is 10.8. The molecule has 240 valence electrons. The molecule has 0 fully saturated rings. The molecule has 0 amide bonds. The van der Waals surface area contributed by atoms with Gasteiger partial charge in [0.05, 0.1) is 13.1 Å². The van der Waals surface area contributed by atoms with E-state index in [4.69, 9.17) is 0 Å². The molecule has 40 heavy (non-hydrogen) atoms. The second-order valence-corrected chi connectivity index (χ2v) is 13.5. The molecule has 0 heterocycles. The van der Waals surface area contributed by atoms with Crippen molar-refractivity contribution in [1.82, 2.24) is 0 Å². The highest BCUT2D eigenvalue weighted by Crippen LogP contribution is 2.22. The Bertz CT molecular complexity index is 572. The summed E-state index contributed by atoms with van der Waals surface area (Å²) in [5.41, 5.74) is 5.85. The molecule has 0 aliphatic rings. The summed E-state index contributed by atoms with van der Waals surface area (Å²) in [4.78, 5) is 0. The van der Waals surface area contributed by atoms with Crippen LogP contribution in [0.2, 0.25) is 0 Å². The van der Waals surface area contributed by atoms with Crippen LogP contribution in [0.4, 0.5) is 0 Å². The van der Waals surface area contributed by atoms with E-state index in [1.165, 1.54) is 141 Å². The van der Waals surface area contributed by atoms with Crippen LogP contribution in [0.15, 0.2) is 30.3 Å². The Balaban J connectivity index is -0.000000683. The molecule has 5 N–H and O–H groups in total. The standard InChI is InChI=1S/C21H37N.C15H33N.2ClH/c1-20(2)15-11-8-6-4-3-5-7-9-14-18-22-19-21-16-12-10-13-17-21;1-15(2,3)13-11-9-7-5-4-6-8-10-12-14-16;;/h10,12-13,16-17,20,22H,3-9,11,14-15,18-19H2,1-2H3;4-14,16H2,1-3H3;2*1H. The molecule has 0 spiro atoms. The first-order chi connectivity index (χ1) is 18.3. The Morgan fingerprint density at radius 1 is 0.600 bits per heavy atom. The summed E-state index contributed by atoms with van der Waals surface area (Å²) < 4.78 is 0. The average molecular weight is 604 g/mol. The maximum Gasteiger partial charge on any atom is 0.101 e. The molecule has 0 saturated carbocycles. The average Bonchev–Trinajstić information content (AvgIpc) is 2.88. The zero-order chi connectivity index (χ0) is 28.2. The largest absolute Gasteiger partial charge is 1.00 e. The zero-order valence-corrected chi connectivity index (χ0v) is 29.3. The highest BCUT2D eigenvalue weighted by Gasteiger charge is 2.08. The molecule has 0 aliphatic carbocycles. The SMILES string of the molecule is CC(C)(C)CCCCCCCCCCC[NH3+].CC(C)CCCCCCCCCCC[NH2+]Cc1ccccc1.[Cl-].[Cl-]. The quantitative estimate of drug-likeness (QED) is 0.170. The smallest absolute Gasteiger partial charge is 0.101 e. The van der Waals surface area contributed by atoms with E-state index in [1.54, 1.807) is 0 Å². The van der Waals surface area contributed by atoms with E-state index in [0.717, 1.165) is 19.0 Å². The van der Waals surface area contributed by atoms with Gasteiger partial charge in [0, 0.05) is 5.56 Å². The Morgan fingerprint density at radius 2 is 1.02 bits per heavy atom. The fourth-order valence-electron chi connectivity index (χ4n) is 5.03. The van der Waals surface area contributed by atoms with Crippen LogP contribution in [0.5, 0.6) is 0 Å². The van der Waals surface area contributed by atoms with Crippen molar-refractivity contribution in [2.75, 3.05) is 13.1 Å². The predicted molar refractivity (Wildman–Crippen MR) is 171 cm³/mol. The number of rotatable bonds is 24. The van der Waals surface area contributed by atoms with Crippen LogP contribution in [0.3, 0.4) is 0 Å². The van der Waals surface area contributed by atoms with E-state index in [9.17, 15) is 0 Å². The maximum absolute atomic E-state index is 3.87. The van der Waals surface area contributed by atoms with E-state index in [0.29, 0.717) is 5.41 Å². The van der Waals surface area contributed by atoms with Crippen molar-refractivity contribution >= 4 is 0 Å². The summed E-state index contributed by atoms with van der Waals surface area (Å²) in [6.07, 6.45) is 28.5. The molecule has 2 nitrogen and oxygen atoms in total. The van der Waals surface area contributed by atoms with Crippen LogP contribution in [0.25, 0.3) is 0 Å². The fourth-order valence-corrected chi connectivity index (χ4v) is 5.03. The molecule has 0 bridgehead atoms. The second kappa shape index (κ2) is 33.2. The minimum atomic E-state index is 0. The molecule has 0 aromatic heterocycles. The van der Waals surface area contributed by atoms with Crippen molar-refractivity contribution in [3.05, 3.63) is 35.9 Å². The van der Waals surface area contributed by atoms with Gasteiger partial charge in [0.25, 0.3) is 0 Å². The number of halogens is 2.